The lowest BCUT2D eigenvalue weighted by molar-refractivity contribution is 0.556. The van der Waals surface area contributed by atoms with Gasteiger partial charge in [0.15, 0.2) is 0 Å². The zero-order chi connectivity index (χ0) is 31.4. The minimum absolute atomic E-state index is 0.511. The van der Waals surface area contributed by atoms with Crippen molar-refractivity contribution in [2.75, 3.05) is 5.32 Å². The van der Waals surface area contributed by atoms with Gasteiger partial charge in [0.1, 0.15) is 0 Å². The van der Waals surface area contributed by atoms with Crippen LogP contribution >= 0.6 is 24.0 Å². The Morgan fingerprint density at radius 1 is 1.07 bits per heavy atom. The molecule has 2 unspecified atom stereocenters. The molecule has 0 bridgehead atoms. The third-order valence-corrected chi connectivity index (χ3v) is 8.30. The first-order valence-electron chi connectivity index (χ1n) is 15.4. The molecule has 228 valence electrons. The third kappa shape index (κ3) is 15.0. The Hall–Kier alpha value is -2.17. The van der Waals surface area contributed by atoms with Gasteiger partial charge in [0.2, 0.25) is 0 Å². The summed E-state index contributed by atoms with van der Waals surface area (Å²) in [6, 6.07) is 8.53. The number of hydrogen-bond donors (Lipinski definition) is 1. The molecule has 4 heteroatoms. The maximum Gasteiger partial charge on any atom is 0.0815 e. The zero-order valence-corrected chi connectivity index (χ0v) is 29.2. The van der Waals surface area contributed by atoms with Crippen molar-refractivity contribution in [2.45, 2.75) is 113 Å². The molecule has 0 heterocycles. The highest BCUT2D eigenvalue weighted by molar-refractivity contribution is 8.23. The van der Waals surface area contributed by atoms with Gasteiger partial charge in [-0.25, -0.2) is 0 Å². The zero-order valence-electron chi connectivity index (χ0n) is 27.6. The van der Waals surface area contributed by atoms with Crippen molar-refractivity contribution in [2.24, 2.45) is 16.8 Å². The number of nitrogens with zero attached hydrogens (tertiary/aromatic N) is 1. The van der Waals surface area contributed by atoms with Gasteiger partial charge in [-0.2, -0.15) is 0 Å². The van der Waals surface area contributed by atoms with Crippen LogP contribution in [0.1, 0.15) is 113 Å². The molecule has 2 nitrogen and oxygen atoms in total. The highest BCUT2D eigenvalue weighted by Crippen LogP contribution is 2.36. The van der Waals surface area contributed by atoms with Crippen LogP contribution in [-0.4, -0.2) is 15.2 Å². The Morgan fingerprint density at radius 2 is 1.66 bits per heavy atom. The van der Waals surface area contributed by atoms with E-state index in [-0.39, 0.29) is 0 Å². The predicted octanol–water partition coefficient (Wildman–Crippen LogP) is 12.6. The van der Waals surface area contributed by atoms with Gasteiger partial charge in [-0.05, 0) is 76.9 Å². The minimum Gasteiger partial charge on any atom is -0.354 e. The fourth-order valence-corrected chi connectivity index (χ4v) is 6.49. The van der Waals surface area contributed by atoms with Crippen molar-refractivity contribution in [3.05, 3.63) is 84.8 Å². The first-order valence-corrected chi connectivity index (χ1v) is 16.7. The normalized spacial score (nSPS) is 15.9. The summed E-state index contributed by atoms with van der Waals surface area (Å²) >= 11 is 6.76. The smallest absolute Gasteiger partial charge is 0.0815 e. The lowest BCUT2D eigenvalue weighted by Gasteiger charge is -2.23. The molecular weight excluding hydrogens is 537 g/mol. The third-order valence-electron chi connectivity index (χ3n) is 7.04. The van der Waals surface area contributed by atoms with Crippen LogP contribution < -0.4 is 5.32 Å². The van der Waals surface area contributed by atoms with Crippen molar-refractivity contribution in [1.29, 1.82) is 0 Å². The quantitative estimate of drug-likeness (QED) is 0.106. The molecule has 0 fully saturated rings. The van der Waals surface area contributed by atoms with Gasteiger partial charge in [-0.1, -0.05) is 115 Å². The molecule has 2 atom stereocenters. The number of thioether (sulfide) groups is 1. The summed E-state index contributed by atoms with van der Waals surface area (Å²) in [6.07, 6.45) is 15.0. The molecule has 0 aliphatic heterocycles. The molecule has 0 radical (unpaired) electrons. The lowest BCUT2D eigenvalue weighted by atomic mass is 9.84. The summed E-state index contributed by atoms with van der Waals surface area (Å²) in [5.74, 6) is 1.06. The first kappa shape index (κ1) is 38.8. The van der Waals surface area contributed by atoms with E-state index in [9.17, 15) is 0 Å². The van der Waals surface area contributed by atoms with Gasteiger partial charge in [-0.15, -0.1) is 24.9 Å². The summed E-state index contributed by atoms with van der Waals surface area (Å²) in [4.78, 5) is 4.99. The minimum atomic E-state index is 0.511. The van der Waals surface area contributed by atoms with Crippen LogP contribution in [0.4, 0.5) is 5.69 Å². The number of aliphatic imine (C=N–C) groups is 1. The Balaban J connectivity index is 0.00000124. The Morgan fingerprint density at radius 3 is 2.17 bits per heavy atom. The monoisotopic (exact) mass is 594 g/mol. The molecule has 41 heavy (non-hydrogen) atoms. The molecule has 1 aliphatic rings. The van der Waals surface area contributed by atoms with Crippen molar-refractivity contribution in [3.8, 4) is 0 Å². The van der Waals surface area contributed by atoms with Gasteiger partial charge < -0.3 is 5.32 Å². The maximum absolute atomic E-state index is 4.99. The van der Waals surface area contributed by atoms with Gasteiger partial charge in [0.25, 0.3) is 0 Å². The highest BCUT2D eigenvalue weighted by Gasteiger charge is 2.18. The molecule has 0 aromatic heterocycles. The van der Waals surface area contributed by atoms with Gasteiger partial charge in [0.05, 0.1) is 11.4 Å². The highest BCUT2D eigenvalue weighted by atomic mass is 32.2. The van der Waals surface area contributed by atoms with Crippen molar-refractivity contribution >= 4 is 45.1 Å². The molecule has 0 saturated carbocycles. The van der Waals surface area contributed by atoms with Crippen LogP contribution in [0.3, 0.4) is 0 Å². The molecule has 1 aromatic carbocycles. The standard InChI is InChI=1S/C28H40N2.C7H14S2.C2H4/c1-8-13-24(14-9-2)22(6)29-27(10-3)23(7)30-28-16-12-11-15-26(28)25-18-17-20(4)19-21(25)5;1-4-5-6(2)9-7(3)8;1-2/h10-12,15-18,21,24,30H,7-9,13-14,19H2,1-6H3;6H,4-5H2,1-3H3;1-2H2/b27-10-,29-22?;;. The number of hydrogen-bond acceptors (Lipinski definition) is 4. The Kier molecular flexibility index (Phi) is 21.2. The summed E-state index contributed by atoms with van der Waals surface area (Å²) in [6.45, 7) is 30.0. The Bertz CT molecular complexity index is 1050. The van der Waals surface area contributed by atoms with E-state index in [1.54, 1.807) is 0 Å². The van der Waals surface area contributed by atoms with Crippen LogP contribution in [-0.2, 0) is 0 Å². The fraction of sp³-hybridized carbons (Fsp3) is 0.514. The second-order valence-corrected chi connectivity index (χ2v) is 13.3. The number of rotatable bonds is 13. The van der Waals surface area contributed by atoms with Crippen molar-refractivity contribution in [3.63, 3.8) is 0 Å². The van der Waals surface area contributed by atoms with E-state index in [0.29, 0.717) is 17.1 Å². The molecule has 1 aliphatic carbocycles. The average Bonchev–Trinajstić information content (AvgIpc) is 2.93. The number of allylic oxidation sites excluding steroid dienone is 5. The van der Waals surface area contributed by atoms with Gasteiger partial charge in [0, 0.05) is 26.4 Å². The first-order chi connectivity index (χ1) is 19.6. The van der Waals surface area contributed by atoms with Gasteiger partial charge in [-0.3, -0.25) is 4.99 Å². The van der Waals surface area contributed by atoms with Gasteiger partial charge >= 0.3 is 0 Å². The van der Waals surface area contributed by atoms with Crippen LogP contribution in [0.25, 0.3) is 5.57 Å². The van der Waals surface area contributed by atoms with E-state index in [2.05, 4.69) is 116 Å². The molecule has 1 aromatic rings. The van der Waals surface area contributed by atoms with Crippen molar-refractivity contribution < 1.29 is 0 Å². The molecule has 1 N–H and O–H groups in total. The second-order valence-electron chi connectivity index (χ2n) is 10.8. The van der Waals surface area contributed by atoms with Crippen LogP contribution in [0.15, 0.2) is 84.2 Å². The van der Waals surface area contributed by atoms with E-state index in [1.165, 1.54) is 60.9 Å². The molecule has 2 rings (SSSR count). The fourth-order valence-electron chi connectivity index (χ4n) is 5.08. The van der Waals surface area contributed by atoms with Crippen LogP contribution in [0.5, 0.6) is 0 Å². The molecule has 0 spiro atoms. The topological polar surface area (TPSA) is 24.4 Å². The second kappa shape index (κ2) is 22.4. The molecular formula is C37H58N2S2. The number of anilines is 1. The summed E-state index contributed by atoms with van der Waals surface area (Å²) in [5.41, 5.74) is 8.17. The van der Waals surface area contributed by atoms with Crippen LogP contribution in [0, 0.1) is 11.8 Å². The predicted molar refractivity (Wildman–Crippen MR) is 196 cm³/mol. The largest absolute Gasteiger partial charge is 0.354 e. The summed E-state index contributed by atoms with van der Waals surface area (Å²) in [7, 11) is 0. The SMILES string of the molecule is C=C.C=C(Nc1ccccc1C1=CC=C(C)CC1C)/C(=C/C)N=C(C)C(CCC)CCC.CCCC(C)SC(C)=S. The lowest BCUT2D eigenvalue weighted by Crippen LogP contribution is -2.13. The van der Waals surface area contributed by atoms with E-state index >= 15 is 0 Å². The summed E-state index contributed by atoms with van der Waals surface area (Å²) < 4.78 is 1.07. The van der Waals surface area contributed by atoms with E-state index in [1.807, 2.05) is 25.6 Å². The van der Waals surface area contributed by atoms with E-state index < -0.39 is 0 Å². The number of nitrogens with one attached hydrogen (secondary N) is 1. The molecule has 0 amide bonds. The van der Waals surface area contributed by atoms with E-state index in [0.717, 1.165) is 27.7 Å². The van der Waals surface area contributed by atoms with E-state index in [4.69, 9.17) is 17.2 Å². The number of benzene rings is 1. The maximum atomic E-state index is 4.99. The van der Waals surface area contributed by atoms with Crippen LogP contribution in [0.2, 0.25) is 0 Å². The number of thiocarbonyl (C=S) groups is 1. The summed E-state index contributed by atoms with van der Waals surface area (Å²) in [5, 5.41) is 4.28. The Labute approximate surface area is 263 Å². The van der Waals surface area contributed by atoms with Crippen molar-refractivity contribution in [1.82, 2.24) is 0 Å². The average molecular weight is 595 g/mol. The molecule has 0 saturated heterocycles. The number of para-hydroxylation sites is 1.